The lowest BCUT2D eigenvalue weighted by Crippen LogP contribution is -2.13. The van der Waals surface area contributed by atoms with E-state index < -0.39 is 29.9 Å². The van der Waals surface area contributed by atoms with Crippen molar-refractivity contribution in [3.8, 4) is 6.07 Å². The number of carbonyl (C=O) groups excluding carboxylic acids is 1. The van der Waals surface area contributed by atoms with Gasteiger partial charge in [-0.1, -0.05) is 0 Å². The Morgan fingerprint density at radius 2 is 2.06 bits per heavy atom. The van der Waals surface area contributed by atoms with Gasteiger partial charge >= 0.3 is 6.18 Å². The number of hydrogen-bond donors (Lipinski definition) is 1. The first kappa shape index (κ1) is 14.4. The van der Waals surface area contributed by atoms with Crippen molar-refractivity contribution in [1.82, 2.24) is 0 Å². The Balaban J connectivity index is 3.16. The molecular formula is C10H5BrF4N2O. The molecule has 1 amide bonds. The molecule has 0 aliphatic heterocycles. The number of rotatable bonds is 2. The van der Waals surface area contributed by atoms with Crippen LogP contribution >= 0.6 is 15.9 Å². The summed E-state index contributed by atoms with van der Waals surface area (Å²) in [7, 11) is 0. The Morgan fingerprint density at radius 3 is 2.56 bits per heavy atom. The molecule has 1 aromatic carbocycles. The third kappa shape index (κ3) is 3.43. The summed E-state index contributed by atoms with van der Waals surface area (Å²) >= 11 is 2.72. The van der Waals surface area contributed by atoms with Crippen molar-refractivity contribution in [2.75, 3.05) is 5.32 Å². The van der Waals surface area contributed by atoms with Gasteiger partial charge < -0.3 is 5.32 Å². The molecule has 1 rings (SSSR count). The summed E-state index contributed by atoms with van der Waals surface area (Å²) in [5, 5.41) is 10.3. The van der Waals surface area contributed by atoms with Crippen LogP contribution in [0.1, 0.15) is 12.0 Å². The second-order valence-corrected chi connectivity index (χ2v) is 3.99. The number of benzene rings is 1. The summed E-state index contributed by atoms with van der Waals surface area (Å²) in [6, 6.07) is 2.42. The van der Waals surface area contributed by atoms with Crippen LogP contribution in [0.4, 0.5) is 23.2 Å². The van der Waals surface area contributed by atoms with Gasteiger partial charge in [-0.15, -0.1) is 0 Å². The molecule has 0 unspecified atom stereocenters. The molecule has 0 atom stereocenters. The van der Waals surface area contributed by atoms with Gasteiger partial charge in [0.2, 0.25) is 5.91 Å². The highest BCUT2D eigenvalue weighted by Crippen LogP contribution is 2.35. The monoisotopic (exact) mass is 324 g/mol. The molecule has 0 spiro atoms. The summed E-state index contributed by atoms with van der Waals surface area (Å²) in [6.07, 6.45) is -5.26. The quantitative estimate of drug-likeness (QED) is 0.847. The van der Waals surface area contributed by atoms with E-state index in [1.807, 2.05) is 5.32 Å². The average Bonchev–Trinajstić information content (AvgIpc) is 2.23. The Bertz CT molecular complexity index is 522. The Kier molecular flexibility index (Phi) is 4.29. The minimum Gasteiger partial charge on any atom is -0.324 e. The highest BCUT2D eigenvalue weighted by atomic mass is 79.9. The molecule has 0 aliphatic rings. The molecular weight excluding hydrogens is 320 g/mol. The summed E-state index contributed by atoms with van der Waals surface area (Å²) in [4.78, 5) is 11.1. The second kappa shape index (κ2) is 5.35. The number of halogens is 5. The molecule has 0 saturated carbocycles. The average molecular weight is 325 g/mol. The maximum absolute atomic E-state index is 13.2. The van der Waals surface area contributed by atoms with Crippen molar-refractivity contribution in [3.63, 3.8) is 0 Å². The number of nitriles is 1. The van der Waals surface area contributed by atoms with Gasteiger partial charge in [-0.3, -0.25) is 4.79 Å². The molecule has 0 bridgehead atoms. The van der Waals surface area contributed by atoms with Crippen LogP contribution < -0.4 is 5.32 Å². The minimum absolute atomic E-state index is 0.304. The summed E-state index contributed by atoms with van der Waals surface area (Å²) in [5.74, 6) is -1.98. The van der Waals surface area contributed by atoms with Crippen molar-refractivity contribution in [3.05, 3.63) is 28.0 Å². The largest absolute Gasteiger partial charge is 0.416 e. The van der Waals surface area contributed by atoms with Crippen LogP contribution in [-0.2, 0) is 11.0 Å². The SMILES string of the molecule is N#CCC(=O)Nc1cc(C(F)(F)F)cc(F)c1Br. The normalized spacial score (nSPS) is 10.9. The molecule has 0 aliphatic carbocycles. The van der Waals surface area contributed by atoms with Crippen LogP contribution in [0.15, 0.2) is 16.6 Å². The topological polar surface area (TPSA) is 52.9 Å². The highest BCUT2D eigenvalue weighted by Gasteiger charge is 2.32. The Morgan fingerprint density at radius 1 is 1.44 bits per heavy atom. The Labute approximate surface area is 108 Å². The third-order valence-corrected chi connectivity index (χ3v) is 2.68. The van der Waals surface area contributed by atoms with Crippen molar-refractivity contribution < 1.29 is 22.4 Å². The van der Waals surface area contributed by atoms with Crippen molar-refractivity contribution in [1.29, 1.82) is 5.26 Å². The van der Waals surface area contributed by atoms with Crippen molar-refractivity contribution in [2.24, 2.45) is 0 Å². The number of nitrogens with one attached hydrogen (secondary N) is 1. The van der Waals surface area contributed by atoms with Gasteiger partial charge in [0.1, 0.15) is 12.2 Å². The van der Waals surface area contributed by atoms with E-state index in [-0.39, 0.29) is 10.2 Å². The zero-order valence-electron chi connectivity index (χ0n) is 8.61. The van der Waals surface area contributed by atoms with Gasteiger partial charge in [-0.2, -0.15) is 18.4 Å². The summed E-state index contributed by atoms with van der Waals surface area (Å²) < 4.78 is 50.2. The first-order valence-corrected chi connectivity index (χ1v) is 5.28. The first-order chi connectivity index (χ1) is 8.25. The molecule has 96 valence electrons. The first-order valence-electron chi connectivity index (χ1n) is 4.48. The maximum Gasteiger partial charge on any atom is 0.416 e. The second-order valence-electron chi connectivity index (χ2n) is 3.20. The van der Waals surface area contributed by atoms with Crippen LogP contribution in [0.25, 0.3) is 0 Å². The maximum atomic E-state index is 13.2. The molecule has 0 fully saturated rings. The summed E-state index contributed by atoms with van der Waals surface area (Å²) in [6.45, 7) is 0. The van der Waals surface area contributed by atoms with Gasteiger partial charge in [0, 0.05) is 0 Å². The van der Waals surface area contributed by atoms with Crippen LogP contribution in [0.5, 0.6) is 0 Å². The molecule has 18 heavy (non-hydrogen) atoms. The molecule has 1 N–H and O–H groups in total. The number of alkyl halides is 3. The van der Waals surface area contributed by atoms with E-state index in [0.717, 1.165) is 0 Å². The van der Waals surface area contributed by atoms with Gasteiger partial charge in [0.25, 0.3) is 0 Å². The minimum atomic E-state index is -4.73. The van der Waals surface area contributed by atoms with Crippen molar-refractivity contribution >= 4 is 27.5 Å². The van der Waals surface area contributed by atoms with E-state index >= 15 is 0 Å². The van der Waals surface area contributed by atoms with Crippen LogP contribution in [0.2, 0.25) is 0 Å². The molecule has 8 heteroatoms. The van der Waals surface area contributed by atoms with E-state index in [0.29, 0.717) is 12.1 Å². The predicted molar refractivity (Wildman–Crippen MR) is 58.0 cm³/mol. The zero-order chi connectivity index (χ0) is 13.9. The molecule has 0 saturated heterocycles. The van der Waals surface area contributed by atoms with Gasteiger partial charge in [0.05, 0.1) is 21.8 Å². The molecule has 1 aromatic rings. The van der Waals surface area contributed by atoms with E-state index in [1.165, 1.54) is 6.07 Å². The van der Waals surface area contributed by atoms with Crippen molar-refractivity contribution in [2.45, 2.75) is 12.6 Å². The fourth-order valence-corrected chi connectivity index (χ4v) is 1.44. The Hall–Kier alpha value is -1.62. The van der Waals surface area contributed by atoms with E-state index in [4.69, 9.17) is 5.26 Å². The van der Waals surface area contributed by atoms with Gasteiger partial charge in [0.15, 0.2) is 0 Å². The zero-order valence-corrected chi connectivity index (χ0v) is 10.2. The number of nitrogens with zero attached hydrogens (tertiary/aromatic N) is 1. The van der Waals surface area contributed by atoms with Crippen LogP contribution in [0.3, 0.4) is 0 Å². The van der Waals surface area contributed by atoms with Gasteiger partial charge in [-0.05, 0) is 28.1 Å². The van der Waals surface area contributed by atoms with E-state index in [2.05, 4.69) is 15.9 Å². The molecule has 0 heterocycles. The smallest absolute Gasteiger partial charge is 0.324 e. The molecule has 0 aromatic heterocycles. The lowest BCUT2D eigenvalue weighted by molar-refractivity contribution is -0.137. The fourth-order valence-electron chi connectivity index (χ4n) is 1.11. The fraction of sp³-hybridized carbons (Fsp3) is 0.200. The number of anilines is 1. The van der Waals surface area contributed by atoms with E-state index in [1.54, 1.807) is 0 Å². The number of hydrogen-bond acceptors (Lipinski definition) is 2. The lowest BCUT2D eigenvalue weighted by Gasteiger charge is -2.12. The van der Waals surface area contributed by atoms with Gasteiger partial charge in [-0.25, -0.2) is 4.39 Å². The molecule has 0 radical (unpaired) electrons. The van der Waals surface area contributed by atoms with E-state index in [9.17, 15) is 22.4 Å². The molecule has 3 nitrogen and oxygen atoms in total. The predicted octanol–water partition coefficient (Wildman–Crippen LogP) is 3.46. The summed E-state index contributed by atoms with van der Waals surface area (Å²) in [5.41, 5.74) is -1.60. The highest BCUT2D eigenvalue weighted by molar-refractivity contribution is 9.10. The van der Waals surface area contributed by atoms with Crippen LogP contribution in [0, 0.1) is 17.1 Å². The lowest BCUT2D eigenvalue weighted by atomic mass is 10.2. The number of amides is 1. The number of carbonyl (C=O) groups is 1. The third-order valence-electron chi connectivity index (χ3n) is 1.87. The standard InChI is InChI=1S/C10H5BrF4N2O/c11-9-6(12)3-5(10(13,14)15)4-7(9)17-8(18)1-2-16/h3-4H,1H2,(H,17,18). The van der Waals surface area contributed by atoms with Crippen LogP contribution in [-0.4, -0.2) is 5.91 Å².